The number of imidazole rings is 1. The van der Waals surface area contributed by atoms with Crippen molar-refractivity contribution in [1.29, 1.82) is 0 Å². The van der Waals surface area contributed by atoms with Crippen LogP contribution in [0, 0.1) is 20.8 Å². The van der Waals surface area contributed by atoms with E-state index in [1.807, 2.05) is 35.4 Å². The van der Waals surface area contributed by atoms with E-state index in [9.17, 15) is 4.79 Å². The molecule has 0 spiro atoms. The van der Waals surface area contributed by atoms with Crippen molar-refractivity contribution in [1.82, 2.24) is 14.3 Å². The fourth-order valence-corrected chi connectivity index (χ4v) is 4.39. The molecule has 2 aromatic heterocycles. The van der Waals surface area contributed by atoms with Gasteiger partial charge in [0.2, 0.25) is 0 Å². The summed E-state index contributed by atoms with van der Waals surface area (Å²) >= 11 is 3.56. The Morgan fingerprint density at radius 3 is 2.48 bits per heavy atom. The number of aromatic nitrogens is 2. The lowest BCUT2D eigenvalue weighted by Gasteiger charge is -2.36. The Bertz CT molecular complexity index is 1020. The number of pyridine rings is 1. The number of hydrogen-bond donors (Lipinski definition) is 0. The predicted molar refractivity (Wildman–Crippen MR) is 112 cm³/mol. The van der Waals surface area contributed by atoms with Gasteiger partial charge in [-0.1, -0.05) is 12.1 Å². The number of amides is 1. The highest BCUT2D eigenvalue weighted by Gasteiger charge is 2.26. The highest BCUT2D eigenvalue weighted by atomic mass is 79.9. The molecule has 0 unspecified atom stereocenters. The van der Waals surface area contributed by atoms with Gasteiger partial charge in [-0.05, 0) is 66.0 Å². The van der Waals surface area contributed by atoms with E-state index >= 15 is 0 Å². The number of hydrogen-bond acceptors (Lipinski definition) is 3. The Kier molecular flexibility index (Phi) is 4.68. The standard InChI is InChI=1S/C21H23BrN4O/c1-14-5-4-6-17(11-14)24-7-9-25(10-8-24)21(27)19-16(3)23-20-18(22)12-15(2)13-26(19)20/h4-6,11-13H,7-10H2,1-3H3. The molecule has 3 heterocycles. The Morgan fingerprint density at radius 2 is 1.78 bits per heavy atom. The molecule has 6 heteroatoms. The van der Waals surface area contributed by atoms with Crippen LogP contribution in [0.15, 0.2) is 41.0 Å². The highest BCUT2D eigenvalue weighted by molar-refractivity contribution is 9.10. The van der Waals surface area contributed by atoms with E-state index in [-0.39, 0.29) is 5.91 Å². The Balaban J connectivity index is 1.57. The quantitative estimate of drug-likeness (QED) is 0.621. The molecular weight excluding hydrogens is 404 g/mol. The van der Waals surface area contributed by atoms with Crippen molar-refractivity contribution in [2.24, 2.45) is 0 Å². The minimum absolute atomic E-state index is 0.0568. The summed E-state index contributed by atoms with van der Waals surface area (Å²) in [5.41, 5.74) is 5.80. The van der Waals surface area contributed by atoms with E-state index in [2.05, 4.69) is 57.0 Å². The van der Waals surface area contributed by atoms with E-state index in [1.165, 1.54) is 11.3 Å². The molecule has 5 nitrogen and oxygen atoms in total. The number of piperazine rings is 1. The van der Waals surface area contributed by atoms with Crippen LogP contribution in [0.3, 0.4) is 0 Å². The van der Waals surface area contributed by atoms with Gasteiger partial charge in [0, 0.05) is 38.1 Å². The summed E-state index contributed by atoms with van der Waals surface area (Å²) in [6.07, 6.45) is 1.98. The zero-order valence-corrected chi connectivity index (χ0v) is 17.5. The second-order valence-electron chi connectivity index (χ2n) is 7.22. The third-order valence-electron chi connectivity index (χ3n) is 5.12. The van der Waals surface area contributed by atoms with Gasteiger partial charge >= 0.3 is 0 Å². The average Bonchev–Trinajstić information content (AvgIpc) is 2.97. The maximum Gasteiger partial charge on any atom is 0.272 e. The van der Waals surface area contributed by atoms with Gasteiger partial charge in [0.1, 0.15) is 5.69 Å². The van der Waals surface area contributed by atoms with Crippen molar-refractivity contribution in [2.75, 3.05) is 31.1 Å². The average molecular weight is 427 g/mol. The van der Waals surface area contributed by atoms with Crippen LogP contribution >= 0.6 is 15.9 Å². The summed E-state index contributed by atoms with van der Waals surface area (Å²) in [5, 5.41) is 0. The molecular formula is C21H23BrN4O. The minimum Gasteiger partial charge on any atom is -0.368 e. The van der Waals surface area contributed by atoms with Crippen molar-refractivity contribution in [3.05, 3.63) is 63.5 Å². The second kappa shape index (κ2) is 7.00. The number of carbonyl (C=O) groups excluding carboxylic acids is 1. The number of benzene rings is 1. The molecule has 0 aliphatic carbocycles. The van der Waals surface area contributed by atoms with E-state index in [1.54, 1.807) is 0 Å². The van der Waals surface area contributed by atoms with E-state index in [0.717, 1.165) is 34.5 Å². The number of nitrogens with zero attached hydrogens (tertiary/aromatic N) is 4. The van der Waals surface area contributed by atoms with Gasteiger partial charge in [0.05, 0.1) is 10.2 Å². The normalized spacial score (nSPS) is 14.8. The Hall–Kier alpha value is -2.34. The molecule has 3 aromatic rings. The van der Waals surface area contributed by atoms with Crippen molar-refractivity contribution in [3.63, 3.8) is 0 Å². The van der Waals surface area contributed by atoms with Crippen LogP contribution in [-0.4, -0.2) is 46.4 Å². The van der Waals surface area contributed by atoms with E-state index < -0.39 is 0 Å². The van der Waals surface area contributed by atoms with Crippen LogP contribution in [0.25, 0.3) is 5.65 Å². The fraction of sp³-hybridized carbons (Fsp3) is 0.333. The summed E-state index contributed by atoms with van der Waals surface area (Å²) in [6.45, 7) is 9.15. The molecule has 140 valence electrons. The van der Waals surface area contributed by atoms with E-state index in [0.29, 0.717) is 18.8 Å². The van der Waals surface area contributed by atoms with Gasteiger partial charge in [-0.2, -0.15) is 0 Å². The van der Waals surface area contributed by atoms with Crippen LogP contribution in [0.4, 0.5) is 5.69 Å². The summed E-state index contributed by atoms with van der Waals surface area (Å²) in [6, 6.07) is 10.6. The minimum atomic E-state index is 0.0568. The Morgan fingerprint density at radius 1 is 1.04 bits per heavy atom. The summed E-state index contributed by atoms with van der Waals surface area (Å²) in [7, 11) is 0. The van der Waals surface area contributed by atoms with Crippen LogP contribution in [0.2, 0.25) is 0 Å². The van der Waals surface area contributed by atoms with Crippen LogP contribution in [0.5, 0.6) is 0 Å². The van der Waals surface area contributed by atoms with Crippen LogP contribution in [-0.2, 0) is 0 Å². The Labute approximate surface area is 167 Å². The first-order valence-electron chi connectivity index (χ1n) is 9.20. The molecule has 1 aromatic carbocycles. The predicted octanol–water partition coefficient (Wildman–Crippen LogP) is 3.98. The van der Waals surface area contributed by atoms with Gasteiger partial charge in [-0.15, -0.1) is 0 Å². The first-order valence-corrected chi connectivity index (χ1v) is 9.99. The van der Waals surface area contributed by atoms with Crippen LogP contribution in [0.1, 0.15) is 27.3 Å². The monoisotopic (exact) mass is 426 g/mol. The molecule has 0 saturated carbocycles. The molecule has 0 atom stereocenters. The summed E-state index contributed by atoms with van der Waals surface area (Å²) in [5.74, 6) is 0.0568. The van der Waals surface area contributed by atoms with Crippen molar-refractivity contribution in [3.8, 4) is 0 Å². The first-order chi connectivity index (χ1) is 12.9. The molecule has 0 bridgehead atoms. The topological polar surface area (TPSA) is 40.8 Å². The number of fused-ring (bicyclic) bond motifs is 1. The van der Waals surface area contributed by atoms with E-state index in [4.69, 9.17) is 0 Å². The van der Waals surface area contributed by atoms with Gasteiger partial charge in [-0.25, -0.2) is 4.98 Å². The maximum atomic E-state index is 13.2. The molecule has 27 heavy (non-hydrogen) atoms. The van der Waals surface area contributed by atoms with Gasteiger partial charge in [-0.3, -0.25) is 9.20 Å². The van der Waals surface area contributed by atoms with Gasteiger partial charge in [0.15, 0.2) is 5.65 Å². The van der Waals surface area contributed by atoms with Crippen molar-refractivity contribution < 1.29 is 4.79 Å². The van der Waals surface area contributed by atoms with Gasteiger partial charge in [0.25, 0.3) is 5.91 Å². The molecule has 1 amide bonds. The number of aryl methyl sites for hydroxylation is 3. The zero-order chi connectivity index (χ0) is 19.1. The smallest absolute Gasteiger partial charge is 0.272 e. The number of carbonyl (C=O) groups is 1. The fourth-order valence-electron chi connectivity index (χ4n) is 3.75. The molecule has 0 N–H and O–H groups in total. The molecule has 1 saturated heterocycles. The first kappa shape index (κ1) is 18.0. The van der Waals surface area contributed by atoms with Crippen molar-refractivity contribution in [2.45, 2.75) is 20.8 Å². The highest BCUT2D eigenvalue weighted by Crippen LogP contribution is 2.24. The van der Waals surface area contributed by atoms with Gasteiger partial charge < -0.3 is 9.80 Å². The molecule has 4 rings (SSSR count). The largest absolute Gasteiger partial charge is 0.368 e. The number of anilines is 1. The third kappa shape index (κ3) is 3.34. The van der Waals surface area contributed by atoms with Crippen LogP contribution < -0.4 is 4.90 Å². The third-order valence-corrected chi connectivity index (χ3v) is 5.71. The lowest BCUT2D eigenvalue weighted by atomic mass is 10.2. The summed E-state index contributed by atoms with van der Waals surface area (Å²) in [4.78, 5) is 22.1. The number of halogens is 1. The number of rotatable bonds is 2. The zero-order valence-electron chi connectivity index (χ0n) is 15.9. The molecule has 1 aliphatic heterocycles. The molecule has 1 fully saturated rings. The van der Waals surface area contributed by atoms with Crippen molar-refractivity contribution >= 4 is 33.2 Å². The lowest BCUT2D eigenvalue weighted by molar-refractivity contribution is 0.0739. The summed E-state index contributed by atoms with van der Waals surface area (Å²) < 4.78 is 2.83. The molecule has 0 radical (unpaired) electrons. The molecule has 1 aliphatic rings. The lowest BCUT2D eigenvalue weighted by Crippen LogP contribution is -2.49. The maximum absolute atomic E-state index is 13.2. The second-order valence-corrected chi connectivity index (χ2v) is 8.08. The SMILES string of the molecule is Cc1cccc(N2CCN(C(=O)c3c(C)nc4c(Br)cc(C)cn34)CC2)c1.